The number of carbonyl (C=O) groups excluding carboxylic acids is 1. The molecule has 5 rings (SSSR count). The quantitative estimate of drug-likeness (QED) is 0.428. The molecule has 186 valence electrons. The Hall–Kier alpha value is -4.05. The molecule has 3 heterocycles. The molecule has 1 N–H and O–H groups in total. The SMILES string of the molecule is COc1ccc(F)cc1CN1CCN(C(=O)CCc2nc3c(cnn3-c3ccccc3)c(=O)[nH]2)CC1. The van der Waals surface area contributed by atoms with Crippen LogP contribution in [0.2, 0.25) is 0 Å². The van der Waals surface area contributed by atoms with Gasteiger partial charge in [-0.3, -0.25) is 14.5 Å². The van der Waals surface area contributed by atoms with Crippen molar-refractivity contribution in [3.63, 3.8) is 0 Å². The minimum Gasteiger partial charge on any atom is -0.496 e. The molecule has 0 saturated carbocycles. The number of carbonyl (C=O) groups is 1. The average molecular weight is 491 g/mol. The lowest BCUT2D eigenvalue weighted by Crippen LogP contribution is -2.48. The van der Waals surface area contributed by atoms with Gasteiger partial charge in [0.25, 0.3) is 5.56 Å². The van der Waals surface area contributed by atoms with Crippen molar-refractivity contribution in [1.29, 1.82) is 0 Å². The van der Waals surface area contributed by atoms with Crippen molar-refractivity contribution in [2.45, 2.75) is 19.4 Å². The summed E-state index contributed by atoms with van der Waals surface area (Å²) in [5, 5.41) is 4.72. The Morgan fingerprint density at radius 2 is 1.89 bits per heavy atom. The van der Waals surface area contributed by atoms with Gasteiger partial charge in [0.05, 0.1) is 19.0 Å². The van der Waals surface area contributed by atoms with E-state index in [1.54, 1.807) is 17.9 Å². The first kappa shape index (κ1) is 23.7. The number of halogens is 1. The molecular weight excluding hydrogens is 463 g/mol. The number of para-hydroxylation sites is 1. The van der Waals surface area contributed by atoms with E-state index >= 15 is 0 Å². The maximum absolute atomic E-state index is 13.7. The number of ether oxygens (including phenoxy) is 1. The van der Waals surface area contributed by atoms with Crippen LogP contribution < -0.4 is 10.3 Å². The molecule has 36 heavy (non-hydrogen) atoms. The summed E-state index contributed by atoms with van der Waals surface area (Å²) >= 11 is 0. The standard InChI is InChI=1S/C26H27FN6O3/c1-36-22-8-7-19(27)15-18(22)17-31-11-13-32(14-12-31)24(34)10-9-23-29-25-21(26(35)30-23)16-28-33(25)20-5-3-2-4-6-20/h2-8,15-16H,9-14,17H2,1H3,(H,29,30,35). The molecule has 2 aromatic heterocycles. The number of amides is 1. The predicted molar refractivity (Wildman–Crippen MR) is 133 cm³/mol. The molecule has 1 aliphatic rings. The Balaban J connectivity index is 1.20. The van der Waals surface area contributed by atoms with Crippen molar-refractivity contribution in [3.8, 4) is 11.4 Å². The van der Waals surface area contributed by atoms with Crippen LogP contribution in [-0.2, 0) is 17.8 Å². The first-order chi connectivity index (χ1) is 17.5. The van der Waals surface area contributed by atoms with Gasteiger partial charge in [-0.05, 0) is 30.3 Å². The zero-order valence-electron chi connectivity index (χ0n) is 20.0. The zero-order valence-corrected chi connectivity index (χ0v) is 20.0. The van der Waals surface area contributed by atoms with E-state index in [1.165, 1.54) is 18.3 Å². The number of rotatable bonds is 7. The number of hydrogen-bond donors (Lipinski definition) is 1. The molecule has 1 fully saturated rings. The van der Waals surface area contributed by atoms with Crippen molar-refractivity contribution in [1.82, 2.24) is 29.5 Å². The van der Waals surface area contributed by atoms with Gasteiger partial charge < -0.3 is 14.6 Å². The van der Waals surface area contributed by atoms with Crippen molar-refractivity contribution in [2.24, 2.45) is 0 Å². The van der Waals surface area contributed by atoms with Crippen LogP contribution in [0.1, 0.15) is 17.8 Å². The van der Waals surface area contributed by atoms with Crippen LogP contribution in [-0.4, -0.2) is 68.7 Å². The predicted octanol–water partition coefficient (Wildman–Crippen LogP) is 2.53. The number of H-pyrrole nitrogens is 1. The summed E-state index contributed by atoms with van der Waals surface area (Å²) in [5.74, 6) is 0.825. The Morgan fingerprint density at radius 1 is 1.11 bits per heavy atom. The maximum Gasteiger partial charge on any atom is 0.262 e. The zero-order chi connectivity index (χ0) is 25.1. The Labute approximate surface area is 207 Å². The normalized spacial score (nSPS) is 14.3. The fourth-order valence-corrected chi connectivity index (χ4v) is 4.49. The topological polar surface area (TPSA) is 96.3 Å². The number of aromatic amines is 1. The van der Waals surface area contributed by atoms with Gasteiger partial charge in [-0.15, -0.1) is 0 Å². The van der Waals surface area contributed by atoms with Crippen molar-refractivity contribution >= 4 is 16.9 Å². The highest BCUT2D eigenvalue weighted by atomic mass is 19.1. The van der Waals surface area contributed by atoms with E-state index in [4.69, 9.17) is 4.74 Å². The molecule has 4 aromatic rings. The van der Waals surface area contributed by atoms with Crippen LogP contribution in [0.15, 0.2) is 59.5 Å². The third kappa shape index (κ3) is 4.99. The number of aryl methyl sites for hydroxylation is 1. The summed E-state index contributed by atoms with van der Waals surface area (Å²) in [6, 6.07) is 14.0. The van der Waals surface area contributed by atoms with Crippen molar-refractivity contribution < 1.29 is 13.9 Å². The number of aromatic nitrogens is 4. The number of piperazine rings is 1. The van der Waals surface area contributed by atoms with Crippen LogP contribution >= 0.6 is 0 Å². The van der Waals surface area contributed by atoms with E-state index in [9.17, 15) is 14.0 Å². The summed E-state index contributed by atoms with van der Waals surface area (Å²) in [4.78, 5) is 36.8. The third-order valence-corrected chi connectivity index (χ3v) is 6.42. The van der Waals surface area contributed by atoms with Gasteiger partial charge in [0.1, 0.15) is 22.8 Å². The van der Waals surface area contributed by atoms with Gasteiger partial charge in [0.2, 0.25) is 5.91 Å². The number of nitrogens with zero attached hydrogens (tertiary/aromatic N) is 5. The molecule has 2 aromatic carbocycles. The molecule has 0 radical (unpaired) electrons. The summed E-state index contributed by atoms with van der Waals surface area (Å²) in [5.41, 5.74) is 1.79. The molecule has 0 aliphatic carbocycles. The lowest BCUT2D eigenvalue weighted by Gasteiger charge is -2.35. The number of benzene rings is 2. The highest BCUT2D eigenvalue weighted by molar-refractivity contribution is 5.77. The second kappa shape index (κ2) is 10.3. The van der Waals surface area contributed by atoms with Crippen LogP contribution in [0.4, 0.5) is 4.39 Å². The second-order valence-electron chi connectivity index (χ2n) is 8.75. The highest BCUT2D eigenvalue weighted by Gasteiger charge is 2.22. The third-order valence-electron chi connectivity index (χ3n) is 6.42. The molecule has 1 saturated heterocycles. The molecule has 0 unspecified atom stereocenters. The fourth-order valence-electron chi connectivity index (χ4n) is 4.49. The van der Waals surface area contributed by atoms with E-state index in [0.717, 1.165) is 11.3 Å². The number of hydrogen-bond acceptors (Lipinski definition) is 6. The number of methoxy groups -OCH3 is 1. The monoisotopic (exact) mass is 490 g/mol. The van der Waals surface area contributed by atoms with E-state index < -0.39 is 0 Å². The molecule has 0 spiro atoms. The molecule has 9 nitrogen and oxygen atoms in total. The number of fused-ring (bicyclic) bond motifs is 1. The Kier molecular flexibility index (Phi) is 6.77. The minimum atomic E-state index is -0.295. The smallest absolute Gasteiger partial charge is 0.262 e. The van der Waals surface area contributed by atoms with Crippen LogP contribution in [0.25, 0.3) is 16.7 Å². The molecule has 0 bridgehead atoms. The minimum absolute atomic E-state index is 0.0114. The van der Waals surface area contributed by atoms with Crippen LogP contribution in [0.5, 0.6) is 5.75 Å². The van der Waals surface area contributed by atoms with Crippen molar-refractivity contribution in [2.75, 3.05) is 33.3 Å². The summed E-state index contributed by atoms with van der Waals surface area (Å²) in [6.45, 7) is 3.09. The lowest BCUT2D eigenvalue weighted by atomic mass is 10.1. The van der Waals surface area contributed by atoms with E-state index in [-0.39, 0.29) is 23.7 Å². The van der Waals surface area contributed by atoms with E-state index in [0.29, 0.717) is 61.8 Å². The largest absolute Gasteiger partial charge is 0.496 e. The Morgan fingerprint density at radius 3 is 2.64 bits per heavy atom. The Bertz CT molecular complexity index is 1430. The summed E-state index contributed by atoms with van der Waals surface area (Å²) in [6.07, 6.45) is 2.07. The summed E-state index contributed by atoms with van der Waals surface area (Å²) in [7, 11) is 1.57. The maximum atomic E-state index is 13.7. The van der Waals surface area contributed by atoms with Crippen molar-refractivity contribution in [3.05, 3.63) is 82.3 Å². The van der Waals surface area contributed by atoms with Crippen LogP contribution in [0.3, 0.4) is 0 Å². The van der Waals surface area contributed by atoms with Gasteiger partial charge in [-0.25, -0.2) is 14.1 Å². The second-order valence-corrected chi connectivity index (χ2v) is 8.75. The van der Waals surface area contributed by atoms with E-state index in [1.807, 2.05) is 35.2 Å². The fraction of sp³-hybridized carbons (Fsp3) is 0.308. The lowest BCUT2D eigenvalue weighted by molar-refractivity contribution is -0.133. The van der Waals surface area contributed by atoms with Gasteiger partial charge >= 0.3 is 0 Å². The molecule has 1 aliphatic heterocycles. The molecule has 1 amide bonds. The van der Waals surface area contributed by atoms with Crippen LogP contribution in [0, 0.1) is 5.82 Å². The van der Waals surface area contributed by atoms with Gasteiger partial charge in [-0.1, -0.05) is 18.2 Å². The summed E-state index contributed by atoms with van der Waals surface area (Å²) < 4.78 is 20.6. The molecule has 0 atom stereocenters. The number of nitrogens with one attached hydrogen (secondary N) is 1. The first-order valence-electron chi connectivity index (χ1n) is 11.9. The van der Waals surface area contributed by atoms with Gasteiger partial charge in [0, 0.05) is 51.1 Å². The highest BCUT2D eigenvalue weighted by Crippen LogP contribution is 2.22. The molecular formula is C26H27FN6O3. The first-order valence-corrected chi connectivity index (χ1v) is 11.9. The van der Waals surface area contributed by atoms with Gasteiger partial charge in [0.15, 0.2) is 5.65 Å². The van der Waals surface area contributed by atoms with E-state index in [2.05, 4.69) is 20.0 Å². The average Bonchev–Trinajstić information content (AvgIpc) is 3.33. The van der Waals surface area contributed by atoms with Gasteiger partial charge in [-0.2, -0.15) is 5.10 Å². The molecule has 10 heteroatoms.